The van der Waals surface area contributed by atoms with Crippen molar-refractivity contribution < 1.29 is 0 Å². The summed E-state index contributed by atoms with van der Waals surface area (Å²) in [5, 5.41) is 4.27. The van der Waals surface area contributed by atoms with Crippen LogP contribution in [0.2, 0.25) is 5.02 Å². The van der Waals surface area contributed by atoms with Crippen LogP contribution >= 0.6 is 11.6 Å². The highest BCUT2D eigenvalue weighted by Gasteiger charge is 2.16. The number of hydrogen-bond donors (Lipinski definition) is 1. The third-order valence-electron chi connectivity index (χ3n) is 3.70. The second-order valence-electron chi connectivity index (χ2n) is 5.90. The van der Waals surface area contributed by atoms with Crippen molar-refractivity contribution in [1.82, 2.24) is 5.32 Å². The lowest BCUT2D eigenvalue weighted by Gasteiger charge is -2.32. The predicted molar refractivity (Wildman–Crippen MR) is 86.1 cm³/mol. The zero-order chi connectivity index (χ0) is 14.6. The molecule has 0 aliphatic rings. The molecule has 0 bridgehead atoms. The Hall–Kier alpha value is -0.730. The minimum absolute atomic E-state index is 0.472. The maximum Gasteiger partial charge on any atom is 0.0412 e. The van der Waals surface area contributed by atoms with Crippen molar-refractivity contribution >= 4 is 17.3 Å². The largest absolute Gasteiger partial charge is 0.371 e. The van der Waals surface area contributed by atoms with Gasteiger partial charge in [-0.3, -0.25) is 0 Å². The average Bonchev–Trinajstić information content (AvgIpc) is 2.34. The van der Waals surface area contributed by atoms with E-state index in [4.69, 9.17) is 11.6 Å². The van der Waals surface area contributed by atoms with Gasteiger partial charge < -0.3 is 10.2 Å². The van der Waals surface area contributed by atoms with Crippen molar-refractivity contribution in [3.63, 3.8) is 0 Å². The van der Waals surface area contributed by atoms with Gasteiger partial charge in [0.25, 0.3) is 0 Å². The molecule has 3 heteroatoms. The second kappa shape index (κ2) is 7.16. The fraction of sp³-hybridized carbons (Fsp3) is 0.625. The number of rotatable bonds is 6. The van der Waals surface area contributed by atoms with Crippen molar-refractivity contribution in [3.8, 4) is 0 Å². The van der Waals surface area contributed by atoms with Crippen LogP contribution in [0.1, 0.15) is 40.2 Å². The molecule has 1 atom stereocenters. The van der Waals surface area contributed by atoms with E-state index < -0.39 is 0 Å². The first-order valence-corrected chi connectivity index (χ1v) is 7.45. The van der Waals surface area contributed by atoms with Crippen LogP contribution in [0, 0.1) is 5.92 Å². The van der Waals surface area contributed by atoms with E-state index in [0.29, 0.717) is 18.0 Å². The zero-order valence-corrected chi connectivity index (χ0v) is 13.8. The van der Waals surface area contributed by atoms with Crippen molar-refractivity contribution in [2.75, 3.05) is 11.9 Å². The molecule has 0 aromatic heterocycles. The highest BCUT2D eigenvalue weighted by molar-refractivity contribution is 6.30. The molecule has 1 N–H and O–H groups in total. The molecule has 0 aliphatic heterocycles. The summed E-state index contributed by atoms with van der Waals surface area (Å²) in [6, 6.07) is 7.13. The number of benzene rings is 1. The van der Waals surface area contributed by atoms with Crippen LogP contribution in [0.3, 0.4) is 0 Å². The zero-order valence-electron chi connectivity index (χ0n) is 13.0. The van der Waals surface area contributed by atoms with Gasteiger partial charge in [0.1, 0.15) is 0 Å². The molecular weight excluding hydrogens is 256 g/mol. The fourth-order valence-electron chi connectivity index (χ4n) is 2.02. The number of nitrogens with zero attached hydrogens (tertiary/aromatic N) is 1. The Morgan fingerprint density at radius 2 is 1.79 bits per heavy atom. The molecule has 2 nitrogen and oxygen atoms in total. The lowest BCUT2D eigenvalue weighted by Crippen LogP contribution is -2.34. The van der Waals surface area contributed by atoms with Crippen molar-refractivity contribution in [1.29, 1.82) is 0 Å². The maximum absolute atomic E-state index is 6.13. The smallest absolute Gasteiger partial charge is 0.0412 e. The molecule has 108 valence electrons. The van der Waals surface area contributed by atoms with E-state index in [0.717, 1.165) is 11.6 Å². The minimum atomic E-state index is 0.472. The highest BCUT2D eigenvalue weighted by atomic mass is 35.5. The molecule has 0 fully saturated rings. The average molecular weight is 283 g/mol. The van der Waals surface area contributed by atoms with Crippen molar-refractivity contribution in [3.05, 3.63) is 28.8 Å². The first kappa shape index (κ1) is 16.3. The highest BCUT2D eigenvalue weighted by Crippen LogP contribution is 2.26. The Morgan fingerprint density at radius 3 is 2.32 bits per heavy atom. The van der Waals surface area contributed by atoms with E-state index >= 15 is 0 Å². The van der Waals surface area contributed by atoms with E-state index in [9.17, 15) is 0 Å². The molecule has 19 heavy (non-hydrogen) atoms. The first-order chi connectivity index (χ1) is 8.82. The standard InChI is InChI=1S/C16H27ClN2/c1-11(2)13(5)19(6)16-8-7-15(17)9-14(16)10-18-12(3)4/h7-9,11-13,18H,10H2,1-6H3. The summed E-state index contributed by atoms with van der Waals surface area (Å²) in [6.45, 7) is 11.9. The summed E-state index contributed by atoms with van der Waals surface area (Å²) < 4.78 is 0. The molecular formula is C16H27ClN2. The Kier molecular flexibility index (Phi) is 6.15. The molecule has 0 heterocycles. The van der Waals surface area contributed by atoms with Gasteiger partial charge in [-0.05, 0) is 36.6 Å². The van der Waals surface area contributed by atoms with Gasteiger partial charge in [0.15, 0.2) is 0 Å². The van der Waals surface area contributed by atoms with Gasteiger partial charge >= 0.3 is 0 Å². The topological polar surface area (TPSA) is 15.3 Å². The second-order valence-corrected chi connectivity index (χ2v) is 6.34. The molecule has 1 rings (SSSR count). The summed E-state index contributed by atoms with van der Waals surface area (Å²) in [7, 11) is 2.16. The van der Waals surface area contributed by atoms with Crippen LogP contribution in [-0.2, 0) is 6.54 Å². The van der Waals surface area contributed by atoms with E-state index in [1.807, 2.05) is 6.07 Å². The normalized spacial score (nSPS) is 13.1. The maximum atomic E-state index is 6.13. The third-order valence-corrected chi connectivity index (χ3v) is 3.93. The van der Waals surface area contributed by atoms with E-state index in [1.54, 1.807) is 0 Å². The number of nitrogens with one attached hydrogen (secondary N) is 1. The van der Waals surface area contributed by atoms with Crippen molar-refractivity contribution in [2.24, 2.45) is 5.92 Å². The quantitative estimate of drug-likeness (QED) is 0.836. The van der Waals surface area contributed by atoms with E-state index in [1.165, 1.54) is 11.3 Å². The molecule has 0 saturated heterocycles. The molecule has 1 unspecified atom stereocenters. The number of anilines is 1. The summed E-state index contributed by atoms with van der Waals surface area (Å²) in [6.07, 6.45) is 0. The van der Waals surface area contributed by atoms with Crippen LogP contribution < -0.4 is 10.2 Å². The Labute approximate surface area is 123 Å². The minimum Gasteiger partial charge on any atom is -0.371 e. The molecule has 0 amide bonds. The SMILES string of the molecule is CC(C)NCc1cc(Cl)ccc1N(C)C(C)C(C)C. The van der Waals surface area contributed by atoms with Crippen LogP contribution in [0.25, 0.3) is 0 Å². The van der Waals surface area contributed by atoms with Crippen LogP contribution in [0.15, 0.2) is 18.2 Å². The van der Waals surface area contributed by atoms with E-state index in [2.05, 4.69) is 64.0 Å². The Bertz CT molecular complexity index is 402. The summed E-state index contributed by atoms with van der Waals surface area (Å²) in [4.78, 5) is 2.35. The van der Waals surface area contributed by atoms with Gasteiger partial charge in [0, 0.05) is 36.4 Å². The number of halogens is 1. The molecule has 0 radical (unpaired) electrons. The molecule has 0 saturated carbocycles. The van der Waals surface area contributed by atoms with Gasteiger partial charge in [-0.15, -0.1) is 0 Å². The molecule has 1 aromatic carbocycles. The van der Waals surface area contributed by atoms with Crippen LogP contribution in [0.5, 0.6) is 0 Å². The van der Waals surface area contributed by atoms with Crippen LogP contribution in [0.4, 0.5) is 5.69 Å². The Morgan fingerprint density at radius 1 is 1.16 bits per heavy atom. The third kappa shape index (κ3) is 4.70. The molecule has 1 aromatic rings. The molecule has 0 aliphatic carbocycles. The fourth-order valence-corrected chi connectivity index (χ4v) is 2.22. The van der Waals surface area contributed by atoms with E-state index in [-0.39, 0.29) is 0 Å². The van der Waals surface area contributed by atoms with Gasteiger partial charge in [0.05, 0.1) is 0 Å². The summed E-state index contributed by atoms with van der Waals surface area (Å²) >= 11 is 6.13. The predicted octanol–water partition coefficient (Wildman–Crippen LogP) is 4.32. The summed E-state index contributed by atoms with van der Waals surface area (Å²) in [5.41, 5.74) is 2.52. The van der Waals surface area contributed by atoms with Gasteiger partial charge in [0.2, 0.25) is 0 Å². The number of hydrogen-bond acceptors (Lipinski definition) is 2. The van der Waals surface area contributed by atoms with Gasteiger partial charge in [-0.25, -0.2) is 0 Å². The lowest BCUT2D eigenvalue weighted by atomic mass is 10.0. The van der Waals surface area contributed by atoms with Crippen LogP contribution in [-0.4, -0.2) is 19.1 Å². The van der Waals surface area contributed by atoms with Gasteiger partial charge in [-0.1, -0.05) is 39.3 Å². The first-order valence-electron chi connectivity index (χ1n) is 7.07. The lowest BCUT2D eigenvalue weighted by molar-refractivity contribution is 0.503. The Balaban J connectivity index is 2.98. The molecule has 0 spiro atoms. The van der Waals surface area contributed by atoms with Gasteiger partial charge in [-0.2, -0.15) is 0 Å². The monoisotopic (exact) mass is 282 g/mol. The summed E-state index contributed by atoms with van der Waals surface area (Å²) in [5.74, 6) is 0.617. The van der Waals surface area contributed by atoms with Crippen molar-refractivity contribution in [2.45, 2.75) is 53.2 Å².